The van der Waals surface area contributed by atoms with Gasteiger partial charge in [0.2, 0.25) is 0 Å². The number of hydrogen-bond acceptors (Lipinski definition) is 2. The highest BCUT2D eigenvalue weighted by molar-refractivity contribution is 4.66. The Morgan fingerprint density at radius 3 is 1.74 bits per heavy atom. The van der Waals surface area contributed by atoms with Gasteiger partial charge >= 0.3 is 0 Å². The van der Waals surface area contributed by atoms with Crippen LogP contribution in [0.4, 0.5) is 0 Å². The Kier molecular flexibility index (Phi) is 9.54. The molecule has 0 radical (unpaired) electrons. The van der Waals surface area contributed by atoms with Gasteiger partial charge in [-0.05, 0) is 19.8 Å². The Balaban J connectivity index is 1.83. The van der Waals surface area contributed by atoms with Crippen molar-refractivity contribution < 1.29 is 9.47 Å². The first kappa shape index (κ1) is 17.0. The average Bonchev–Trinajstić information content (AvgIpc) is 2.42. The van der Waals surface area contributed by atoms with Crippen LogP contribution in [0.3, 0.4) is 0 Å². The molecule has 0 aromatic carbocycles. The van der Waals surface area contributed by atoms with Crippen molar-refractivity contribution in [1.29, 1.82) is 0 Å². The van der Waals surface area contributed by atoms with Gasteiger partial charge in [-0.15, -0.1) is 0 Å². The molecular weight excluding hydrogens is 236 g/mol. The maximum absolute atomic E-state index is 5.73. The maximum atomic E-state index is 5.73. The minimum Gasteiger partial charge on any atom is -0.350 e. The second-order valence-corrected chi connectivity index (χ2v) is 6.12. The molecule has 0 N–H and O–H groups in total. The molecule has 19 heavy (non-hydrogen) atoms. The molecule has 0 bridgehead atoms. The topological polar surface area (TPSA) is 18.5 Å². The van der Waals surface area contributed by atoms with E-state index < -0.39 is 0 Å². The molecule has 1 fully saturated rings. The van der Waals surface area contributed by atoms with Crippen molar-refractivity contribution in [2.45, 2.75) is 96.7 Å². The smallest absolute Gasteiger partial charge is 0.165 e. The lowest BCUT2D eigenvalue weighted by Crippen LogP contribution is -2.37. The molecule has 1 aliphatic rings. The van der Waals surface area contributed by atoms with Crippen LogP contribution >= 0.6 is 0 Å². The minimum absolute atomic E-state index is 0.279. The Hall–Kier alpha value is -0.0800. The predicted octanol–water partition coefficient (Wildman–Crippen LogP) is 5.45. The van der Waals surface area contributed by atoms with E-state index in [9.17, 15) is 0 Å². The molecule has 0 spiro atoms. The van der Waals surface area contributed by atoms with E-state index in [4.69, 9.17) is 9.47 Å². The molecule has 2 heteroatoms. The molecule has 1 heterocycles. The van der Waals surface area contributed by atoms with Gasteiger partial charge in [0.25, 0.3) is 0 Å². The summed E-state index contributed by atoms with van der Waals surface area (Å²) in [6, 6.07) is 0. The van der Waals surface area contributed by atoms with Crippen LogP contribution in [0.1, 0.15) is 90.9 Å². The highest BCUT2D eigenvalue weighted by atomic mass is 16.7. The van der Waals surface area contributed by atoms with Crippen LogP contribution in [0.2, 0.25) is 0 Å². The molecule has 0 amide bonds. The molecule has 0 unspecified atom stereocenters. The number of unbranched alkanes of at least 4 members (excludes halogenated alkanes) is 9. The zero-order valence-corrected chi connectivity index (χ0v) is 13.2. The van der Waals surface area contributed by atoms with E-state index >= 15 is 0 Å². The standard InChI is InChI=1S/C17H34O2/c1-3-4-5-6-7-8-9-10-11-12-14-17(2)18-15-13-16-19-17/h3-16H2,1-2H3. The normalized spacial score (nSPS) is 18.6. The Morgan fingerprint density at radius 1 is 0.737 bits per heavy atom. The van der Waals surface area contributed by atoms with Gasteiger partial charge in [0, 0.05) is 6.42 Å². The van der Waals surface area contributed by atoms with Gasteiger partial charge in [-0.3, -0.25) is 0 Å². The van der Waals surface area contributed by atoms with Crippen LogP contribution < -0.4 is 0 Å². The fourth-order valence-corrected chi connectivity index (χ4v) is 2.75. The predicted molar refractivity (Wildman–Crippen MR) is 81.4 cm³/mol. The van der Waals surface area contributed by atoms with E-state index in [1.807, 2.05) is 0 Å². The SMILES string of the molecule is CCCCCCCCCCCCC1(C)OCCCO1. The van der Waals surface area contributed by atoms with Crippen molar-refractivity contribution in [2.75, 3.05) is 13.2 Å². The number of hydrogen-bond donors (Lipinski definition) is 0. The first-order valence-corrected chi connectivity index (χ1v) is 8.55. The lowest BCUT2D eigenvalue weighted by atomic mass is 10.0. The highest BCUT2D eigenvalue weighted by Gasteiger charge is 2.27. The zero-order valence-electron chi connectivity index (χ0n) is 13.2. The molecule has 1 saturated heterocycles. The van der Waals surface area contributed by atoms with Crippen LogP contribution in [0.25, 0.3) is 0 Å². The Morgan fingerprint density at radius 2 is 1.21 bits per heavy atom. The summed E-state index contributed by atoms with van der Waals surface area (Å²) in [5, 5.41) is 0. The third-order valence-electron chi connectivity index (χ3n) is 4.09. The van der Waals surface area contributed by atoms with Crippen molar-refractivity contribution in [3.05, 3.63) is 0 Å². The van der Waals surface area contributed by atoms with Crippen molar-refractivity contribution in [2.24, 2.45) is 0 Å². The summed E-state index contributed by atoms with van der Waals surface area (Å²) in [4.78, 5) is 0. The van der Waals surface area contributed by atoms with Gasteiger partial charge in [-0.25, -0.2) is 0 Å². The molecule has 114 valence electrons. The molecule has 0 saturated carbocycles. The van der Waals surface area contributed by atoms with E-state index in [0.29, 0.717) is 0 Å². The van der Waals surface area contributed by atoms with Gasteiger partial charge in [0.15, 0.2) is 5.79 Å². The third kappa shape index (κ3) is 8.65. The quantitative estimate of drug-likeness (QED) is 0.465. The molecule has 0 atom stereocenters. The lowest BCUT2D eigenvalue weighted by Gasteiger charge is -2.34. The molecular formula is C17H34O2. The number of ether oxygens (including phenoxy) is 2. The van der Waals surface area contributed by atoms with Crippen LogP contribution in [0.15, 0.2) is 0 Å². The largest absolute Gasteiger partial charge is 0.350 e. The first-order chi connectivity index (χ1) is 9.27. The first-order valence-electron chi connectivity index (χ1n) is 8.55. The van der Waals surface area contributed by atoms with Gasteiger partial charge in [-0.1, -0.05) is 64.7 Å². The molecule has 2 nitrogen and oxygen atoms in total. The van der Waals surface area contributed by atoms with Crippen LogP contribution in [0, 0.1) is 0 Å². The summed E-state index contributed by atoms with van der Waals surface area (Å²) in [5.41, 5.74) is 0. The monoisotopic (exact) mass is 270 g/mol. The summed E-state index contributed by atoms with van der Waals surface area (Å²) >= 11 is 0. The summed E-state index contributed by atoms with van der Waals surface area (Å²) in [6.07, 6.45) is 16.0. The second kappa shape index (κ2) is 10.7. The van der Waals surface area contributed by atoms with Crippen molar-refractivity contribution in [1.82, 2.24) is 0 Å². The number of rotatable bonds is 11. The minimum atomic E-state index is -0.279. The van der Waals surface area contributed by atoms with Gasteiger partial charge < -0.3 is 9.47 Å². The van der Waals surface area contributed by atoms with Crippen LogP contribution in [0.5, 0.6) is 0 Å². The zero-order chi connectivity index (χ0) is 13.8. The van der Waals surface area contributed by atoms with Crippen molar-refractivity contribution in [3.8, 4) is 0 Å². The van der Waals surface area contributed by atoms with Crippen LogP contribution in [-0.4, -0.2) is 19.0 Å². The molecule has 0 aromatic heterocycles. The third-order valence-corrected chi connectivity index (χ3v) is 4.09. The summed E-state index contributed by atoms with van der Waals surface area (Å²) < 4.78 is 11.5. The Bertz CT molecular complexity index is 197. The fraction of sp³-hybridized carbons (Fsp3) is 1.00. The summed E-state index contributed by atoms with van der Waals surface area (Å²) in [5.74, 6) is -0.279. The molecule has 0 aromatic rings. The average molecular weight is 270 g/mol. The van der Waals surface area contributed by atoms with E-state index in [1.165, 1.54) is 64.2 Å². The van der Waals surface area contributed by atoms with Gasteiger partial charge in [0.1, 0.15) is 0 Å². The van der Waals surface area contributed by atoms with E-state index in [1.54, 1.807) is 0 Å². The van der Waals surface area contributed by atoms with E-state index in [2.05, 4.69) is 13.8 Å². The van der Waals surface area contributed by atoms with Crippen molar-refractivity contribution >= 4 is 0 Å². The van der Waals surface area contributed by atoms with Gasteiger partial charge in [0.05, 0.1) is 13.2 Å². The molecule has 0 aliphatic carbocycles. The molecule has 1 rings (SSSR count). The van der Waals surface area contributed by atoms with Crippen molar-refractivity contribution in [3.63, 3.8) is 0 Å². The highest BCUT2D eigenvalue weighted by Crippen LogP contribution is 2.25. The lowest BCUT2D eigenvalue weighted by molar-refractivity contribution is -0.259. The second-order valence-electron chi connectivity index (χ2n) is 6.12. The van der Waals surface area contributed by atoms with E-state index in [0.717, 1.165) is 26.1 Å². The fourth-order valence-electron chi connectivity index (χ4n) is 2.75. The molecule has 1 aliphatic heterocycles. The summed E-state index contributed by atoms with van der Waals surface area (Å²) in [6.45, 7) is 6.11. The summed E-state index contributed by atoms with van der Waals surface area (Å²) in [7, 11) is 0. The maximum Gasteiger partial charge on any atom is 0.165 e. The van der Waals surface area contributed by atoms with Crippen LogP contribution in [-0.2, 0) is 9.47 Å². The van der Waals surface area contributed by atoms with Gasteiger partial charge in [-0.2, -0.15) is 0 Å². The Labute approximate surface area is 120 Å². The van der Waals surface area contributed by atoms with E-state index in [-0.39, 0.29) is 5.79 Å².